The Kier molecular flexibility index (Phi) is 2.35. The molecule has 14 heavy (non-hydrogen) atoms. The van der Waals surface area contributed by atoms with Gasteiger partial charge in [-0.25, -0.2) is 4.79 Å². The van der Waals surface area contributed by atoms with E-state index in [4.69, 9.17) is 9.63 Å². The minimum absolute atomic E-state index is 0.0218. The van der Waals surface area contributed by atoms with E-state index in [9.17, 15) is 4.79 Å². The number of rotatable bonds is 2. The predicted octanol–water partition coefficient (Wildman–Crippen LogP) is 2.33. The third kappa shape index (κ3) is 1.69. The van der Waals surface area contributed by atoms with Gasteiger partial charge in [0.05, 0.1) is 0 Å². The molecule has 0 aliphatic heterocycles. The van der Waals surface area contributed by atoms with E-state index in [1.54, 1.807) is 0 Å². The Morgan fingerprint density at radius 2 is 2.36 bits per heavy atom. The van der Waals surface area contributed by atoms with Crippen LogP contribution in [0.3, 0.4) is 0 Å². The quantitative estimate of drug-likeness (QED) is 0.782. The molecule has 0 fully saturated rings. The van der Waals surface area contributed by atoms with E-state index in [2.05, 4.69) is 11.2 Å². The monoisotopic (exact) mass is 193 g/mol. The third-order valence-electron chi connectivity index (χ3n) is 2.34. The molecule has 0 spiro atoms. The number of nitrogens with zero attached hydrogens (tertiary/aromatic N) is 1. The second-order valence-corrected chi connectivity index (χ2v) is 3.36. The molecule has 0 saturated heterocycles. The van der Waals surface area contributed by atoms with Gasteiger partial charge in [-0.15, -0.1) is 0 Å². The molecule has 0 radical (unpaired) electrons. The van der Waals surface area contributed by atoms with Crippen molar-refractivity contribution in [1.29, 1.82) is 0 Å². The van der Waals surface area contributed by atoms with Crippen molar-refractivity contribution in [2.45, 2.75) is 25.7 Å². The van der Waals surface area contributed by atoms with Crippen LogP contribution in [0.4, 0.5) is 0 Å². The molecule has 0 unspecified atom stereocenters. The third-order valence-corrected chi connectivity index (χ3v) is 2.34. The van der Waals surface area contributed by atoms with Crippen molar-refractivity contribution < 1.29 is 14.4 Å². The van der Waals surface area contributed by atoms with Crippen molar-refractivity contribution in [3.05, 3.63) is 23.6 Å². The SMILES string of the molecule is O=C(O)c1cc(C2=CCCCC2)on1. The van der Waals surface area contributed by atoms with Gasteiger partial charge in [-0.3, -0.25) is 0 Å². The van der Waals surface area contributed by atoms with Crippen LogP contribution < -0.4 is 0 Å². The summed E-state index contributed by atoms with van der Waals surface area (Å²) in [5.41, 5.74) is 1.06. The molecule has 1 N–H and O–H groups in total. The van der Waals surface area contributed by atoms with Gasteiger partial charge in [-0.1, -0.05) is 11.2 Å². The molecule has 4 heteroatoms. The first-order valence-electron chi connectivity index (χ1n) is 4.67. The molecule has 0 atom stereocenters. The molecular formula is C10H11NO3. The highest BCUT2D eigenvalue weighted by atomic mass is 16.5. The predicted molar refractivity (Wildman–Crippen MR) is 49.9 cm³/mol. The number of carboxylic acid groups (broad SMARTS) is 1. The average molecular weight is 193 g/mol. The Morgan fingerprint density at radius 3 is 2.93 bits per heavy atom. The molecule has 1 aliphatic rings. The standard InChI is InChI=1S/C10H11NO3/c12-10(13)8-6-9(14-11-8)7-4-2-1-3-5-7/h4,6H,1-3,5H2,(H,12,13). The number of allylic oxidation sites excluding steroid dienone is 2. The highest BCUT2D eigenvalue weighted by Crippen LogP contribution is 2.26. The molecular weight excluding hydrogens is 182 g/mol. The van der Waals surface area contributed by atoms with Crippen LogP contribution in [0.5, 0.6) is 0 Å². The number of hydrogen-bond acceptors (Lipinski definition) is 3. The van der Waals surface area contributed by atoms with Crippen LogP contribution in [-0.2, 0) is 0 Å². The lowest BCUT2D eigenvalue weighted by Gasteiger charge is -2.08. The van der Waals surface area contributed by atoms with Crippen LogP contribution in [0.1, 0.15) is 41.9 Å². The van der Waals surface area contributed by atoms with E-state index in [-0.39, 0.29) is 5.69 Å². The molecule has 74 valence electrons. The maximum absolute atomic E-state index is 10.6. The van der Waals surface area contributed by atoms with Crippen LogP contribution in [0.15, 0.2) is 16.7 Å². The fourth-order valence-electron chi connectivity index (χ4n) is 1.59. The highest BCUT2D eigenvalue weighted by molar-refractivity contribution is 5.86. The Balaban J connectivity index is 2.23. The zero-order chi connectivity index (χ0) is 9.97. The number of aromatic nitrogens is 1. The summed E-state index contributed by atoms with van der Waals surface area (Å²) in [6, 6.07) is 1.49. The molecule has 0 bridgehead atoms. The van der Waals surface area contributed by atoms with Gasteiger partial charge in [0.1, 0.15) is 0 Å². The van der Waals surface area contributed by atoms with Crippen LogP contribution >= 0.6 is 0 Å². The van der Waals surface area contributed by atoms with Crippen molar-refractivity contribution in [3.8, 4) is 0 Å². The Morgan fingerprint density at radius 1 is 1.50 bits per heavy atom. The fourth-order valence-corrected chi connectivity index (χ4v) is 1.59. The molecule has 0 amide bonds. The molecule has 4 nitrogen and oxygen atoms in total. The summed E-state index contributed by atoms with van der Waals surface area (Å²) in [7, 11) is 0. The van der Waals surface area contributed by atoms with Crippen LogP contribution in [0.2, 0.25) is 0 Å². The lowest BCUT2D eigenvalue weighted by molar-refractivity contribution is 0.0685. The summed E-state index contributed by atoms with van der Waals surface area (Å²) in [5, 5.41) is 12.1. The summed E-state index contributed by atoms with van der Waals surface area (Å²) in [5.74, 6) is -0.446. The molecule has 2 rings (SSSR count). The summed E-state index contributed by atoms with van der Waals surface area (Å²) >= 11 is 0. The maximum Gasteiger partial charge on any atom is 0.358 e. The summed E-state index contributed by atoms with van der Waals surface area (Å²) < 4.78 is 4.97. The Labute approximate surface area is 81.2 Å². The van der Waals surface area contributed by atoms with Crippen LogP contribution in [0.25, 0.3) is 5.57 Å². The number of carboxylic acids is 1. The van der Waals surface area contributed by atoms with E-state index in [1.807, 2.05) is 0 Å². The van der Waals surface area contributed by atoms with Crippen molar-refractivity contribution in [2.24, 2.45) is 0 Å². The molecule has 0 saturated carbocycles. The minimum Gasteiger partial charge on any atom is -0.476 e. The second-order valence-electron chi connectivity index (χ2n) is 3.36. The van der Waals surface area contributed by atoms with Gasteiger partial charge >= 0.3 is 5.97 Å². The Bertz CT molecular complexity index is 378. The number of aromatic carboxylic acids is 1. The first-order chi connectivity index (χ1) is 6.77. The molecule has 1 heterocycles. The number of hydrogen-bond donors (Lipinski definition) is 1. The Hall–Kier alpha value is -1.58. The van der Waals surface area contributed by atoms with Gasteiger partial charge in [0.25, 0.3) is 0 Å². The molecule has 0 aromatic carbocycles. The lowest BCUT2D eigenvalue weighted by Crippen LogP contribution is -1.95. The van der Waals surface area contributed by atoms with E-state index < -0.39 is 5.97 Å². The van der Waals surface area contributed by atoms with Crippen molar-refractivity contribution >= 4 is 11.5 Å². The minimum atomic E-state index is -1.04. The van der Waals surface area contributed by atoms with Crippen LogP contribution in [-0.4, -0.2) is 16.2 Å². The average Bonchev–Trinajstić information content (AvgIpc) is 2.68. The molecule has 1 aromatic heterocycles. The topological polar surface area (TPSA) is 63.3 Å². The number of carbonyl (C=O) groups is 1. The van der Waals surface area contributed by atoms with Crippen molar-refractivity contribution in [1.82, 2.24) is 5.16 Å². The van der Waals surface area contributed by atoms with Gasteiger partial charge in [-0.05, 0) is 31.3 Å². The van der Waals surface area contributed by atoms with Gasteiger partial charge in [0.2, 0.25) is 0 Å². The van der Waals surface area contributed by atoms with Gasteiger partial charge in [-0.2, -0.15) is 0 Å². The summed E-state index contributed by atoms with van der Waals surface area (Å²) in [6.07, 6.45) is 6.42. The first-order valence-corrected chi connectivity index (χ1v) is 4.67. The van der Waals surface area contributed by atoms with Crippen LogP contribution in [0, 0.1) is 0 Å². The normalized spacial score (nSPS) is 16.4. The largest absolute Gasteiger partial charge is 0.476 e. The van der Waals surface area contributed by atoms with Gasteiger partial charge in [0, 0.05) is 6.07 Å². The zero-order valence-electron chi connectivity index (χ0n) is 7.69. The zero-order valence-corrected chi connectivity index (χ0v) is 7.69. The van der Waals surface area contributed by atoms with Crippen molar-refractivity contribution in [3.63, 3.8) is 0 Å². The van der Waals surface area contributed by atoms with E-state index >= 15 is 0 Å². The lowest BCUT2D eigenvalue weighted by atomic mass is 9.98. The first kappa shape index (κ1) is 8.99. The van der Waals surface area contributed by atoms with Crippen molar-refractivity contribution in [2.75, 3.05) is 0 Å². The fraction of sp³-hybridized carbons (Fsp3) is 0.400. The highest BCUT2D eigenvalue weighted by Gasteiger charge is 2.14. The van der Waals surface area contributed by atoms with E-state index in [1.165, 1.54) is 12.5 Å². The smallest absolute Gasteiger partial charge is 0.358 e. The second kappa shape index (κ2) is 3.65. The molecule has 1 aromatic rings. The van der Waals surface area contributed by atoms with E-state index in [0.29, 0.717) is 5.76 Å². The van der Waals surface area contributed by atoms with Gasteiger partial charge < -0.3 is 9.63 Å². The summed E-state index contributed by atoms with van der Waals surface area (Å²) in [4.78, 5) is 10.6. The summed E-state index contributed by atoms with van der Waals surface area (Å²) in [6.45, 7) is 0. The van der Waals surface area contributed by atoms with E-state index in [0.717, 1.165) is 24.8 Å². The maximum atomic E-state index is 10.6. The molecule has 1 aliphatic carbocycles. The van der Waals surface area contributed by atoms with Gasteiger partial charge in [0.15, 0.2) is 11.5 Å².